The SMILES string of the molecule is CCOC(=O)C(Cc1ccccc1)CN1CCC2(CC1)C(=O)N(C)c1ccc(F)cc12. The normalized spacial score (nSPS) is 18.8. The number of esters is 1. The van der Waals surface area contributed by atoms with Crippen LogP contribution in [0.4, 0.5) is 10.1 Å². The van der Waals surface area contributed by atoms with E-state index < -0.39 is 5.41 Å². The number of hydrogen-bond donors (Lipinski definition) is 0. The molecule has 2 aromatic rings. The highest BCUT2D eigenvalue weighted by Gasteiger charge is 2.51. The fourth-order valence-corrected chi connectivity index (χ4v) is 5.02. The molecule has 1 fully saturated rings. The number of fused-ring (bicyclic) bond motifs is 2. The largest absolute Gasteiger partial charge is 0.466 e. The highest BCUT2D eigenvalue weighted by atomic mass is 19.1. The molecule has 0 N–H and O–H groups in total. The van der Waals surface area contributed by atoms with Crippen molar-refractivity contribution < 1.29 is 18.7 Å². The maximum absolute atomic E-state index is 14.0. The average Bonchev–Trinajstić information content (AvgIpc) is 2.97. The van der Waals surface area contributed by atoms with Crippen LogP contribution in [0, 0.1) is 11.7 Å². The molecule has 6 heteroatoms. The number of ether oxygens (including phenoxy) is 1. The van der Waals surface area contributed by atoms with E-state index in [9.17, 15) is 14.0 Å². The zero-order valence-corrected chi connectivity index (χ0v) is 18.1. The van der Waals surface area contributed by atoms with Crippen molar-refractivity contribution in [3.05, 3.63) is 65.5 Å². The highest BCUT2D eigenvalue weighted by Crippen LogP contribution is 2.47. The monoisotopic (exact) mass is 424 g/mol. The predicted molar refractivity (Wildman–Crippen MR) is 117 cm³/mol. The number of halogens is 1. The molecular formula is C25H29FN2O3. The second kappa shape index (κ2) is 8.79. The molecule has 0 radical (unpaired) electrons. The van der Waals surface area contributed by atoms with Gasteiger partial charge in [0.05, 0.1) is 17.9 Å². The van der Waals surface area contributed by atoms with E-state index in [0.717, 1.165) is 16.8 Å². The predicted octanol–water partition coefficient (Wildman–Crippen LogP) is 3.56. The summed E-state index contributed by atoms with van der Waals surface area (Å²) in [4.78, 5) is 29.6. The Labute approximate surface area is 182 Å². The van der Waals surface area contributed by atoms with Crippen LogP contribution < -0.4 is 4.90 Å². The number of anilines is 1. The van der Waals surface area contributed by atoms with Gasteiger partial charge in [0.15, 0.2) is 0 Å². The number of hydrogen-bond acceptors (Lipinski definition) is 4. The minimum atomic E-state index is -0.665. The lowest BCUT2D eigenvalue weighted by atomic mass is 9.73. The van der Waals surface area contributed by atoms with E-state index >= 15 is 0 Å². The fraction of sp³-hybridized carbons (Fsp3) is 0.440. The number of carbonyl (C=O) groups excluding carboxylic acids is 2. The Morgan fingerprint density at radius 3 is 2.55 bits per heavy atom. The van der Waals surface area contributed by atoms with Gasteiger partial charge in [0.25, 0.3) is 0 Å². The second-order valence-corrected chi connectivity index (χ2v) is 8.55. The molecule has 4 rings (SSSR count). The first-order chi connectivity index (χ1) is 14.9. The van der Waals surface area contributed by atoms with Crippen LogP contribution in [0.1, 0.15) is 30.9 Å². The van der Waals surface area contributed by atoms with Gasteiger partial charge in [-0.15, -0.1) is 0 Å². The van der Waals surface area contributed by atoms with Crippen LogP contribution in [-0.2, 0) is 26.2 Å². The zero-order valence-electron chi connectivity index (χ0n) is 18.1. The van der Waals surface area contributed by atoms with Gasteiger partial charge in [-0.2, -0.15) is 0 Å². The van der Waals surface area contributed by atoms with Crippen molar-refractivity contribution >= 4 is 17.6 Å². The molecule has 2 aliphatic rings. The minimum Gasteiger partial charge on any atom is -0.466 e. The molecule has 1 atom stereocenters. The lowest BCUT2D eigenvalue weighted by Crippen LogP contribution is -2.49. The molecule has 1 saturated heterocycles. The lowest BCUT2D eigenvalue weighted by molar-refractivity contribution is -0.149. The maximum atomic E-state index is 14.0. The summed E-state index contributed by atoms with van der Waals surface area (Å²) in [5.74, 6) is -0.716. The van der Waals surface area contributed by atoms with Crippen LogP contribution in [0.15, 0.2) is 48.5 Å². The topological polar surface area (TPSA) is 49.9 Å². The van der Waals surface area contributed by atoms with E-state index in [1.54, 1.807) is 18.0 Å². The van der Waals surface area contributed by atoms with Crippen LogP contribution in [0.3, 0.4) is 0 Å². The van der Waals surface area contributed by atoms with Crippen LogP contribution in [-0.4, -0.2) is 50.1 Å². The molecule has 2 aliphatic heterocycles. The Morgan fingerprint density at radius 1 is 1.16 bits per heavy atom. The summed E-state index contributed by atoms with van der Waals surface area (Å²) in [6.07, 6.45) is 1.86. The molecule has 2 heterocycles. The third-order valence-electron chi connectivity index (χ3n) is 6.68. The quantitative estimate of drug-likeness (QED) is 0.666. The number of likely N-dealkylation sites (N-methyl/N-ethyl adjacent to an activating group) is 1. The number of piperidine rings is 1. The zero-order chi connectivity index (χ0) is 22.0. The van der Waals surface area contributed by atoms with Gasteiger partial charge < -0.3 is 14.5 Å². The molecule has 1 unspecified atom stereocenters. The summed E-state index contributed by atoms with van der Waals surface area (Å²) >= 11 is 0. The number of likely N-dealkylation sites (tertiary alicyclic amines) is 1. The van der Waals surface area contributed by atoms with Gasteiger partial charge in [0.1, 0.15) is 5.82 Å². The van der Waals surface area contributed by atoms with E-state index in [2.05, 4.69) is 4.90 Å². The molecule has 2 aromatic carbocycles. The van der Waals surface area contributed by atoms with Gasteiger partial charge in [-0.1, -0.05) is 30.3 Å². The number of carbonyl (C=O) groups is 2. The van der Waals surface area contributed by atoms with Crippen LogP contribution in [0.2, 0.25) is 0 Å². The van der Waals surface area contributed by atoms with Crippen LogP contribution in [0.5, 0.6) is 0 Å². The average molecular weight is 425 g/mol. The summed E-state index contributed by atoms with van der Waals surface area (Å²) < 4.78 is 19.3. The number of amides is 1. The van der Waals surface area contributed by atoms with Crippen LogP contribution >= 0.6 is 0 Å². The molecule has 0 aliphatic carbocycles. The van der Waals surface area contributed by atoms with Gasteiger partial charge in [-0.05, 0) is 68.6 Å². The van der Waals surface area contributed by atoms with E-state index in [0.29, 0.717) is 45.5 Å². The van der Waals surface area contributed by atoms with Crippen LogP contribution in [0.25, 0.3) is 0 Å². The Hall–Kier alpha value is -2.73. The van der Waals surface area contributed by atoms with Crippen molar-refractivity contribution in [2.24, 2.45) is 5.92 Å². The van der Waals surface area contributed by atoms with Crippen molar-refractivity contribution in [1.29, 1.82) is 0 Å². The second-order valence-electron chi connectivity index (χ2n) is 8.55. The van der Waals surface area contributed by atoms with Crippen molar-refractivity contribution in [3.63, 3.8) is 0 Å². The molecular weight excluding hydrogens is 395 g/mol. The molecule has 5 nitrogen and oxygen atoms in total. The van der Waals surface area contributed by atoms with Crippen molar-refractivity contribution in [2.45, 2.75) is 31.6 Å². The Bertz CT molecular complexity index is 954. The smallest absolute Gasteiger partial charge is 0.310 e. The first kappa shape index (κ1) is 21.5. The Balaban J connectivity index is 1.48. The third-order valence-corrected chi connectivity index (χ3v) is 6.68. The van der Waals surface area contributed by atoms with Crippen molar-refractivity contribution in [1.82, 2.24) is 4.90 Å². The summed E-state index contributed by atoms with van der Waals surface area (Å²) in [5, 5.41) is 0. The Morgan fingerprint density at radius 2 is 1.87 bits per heavy atom. The molecule has 164 valence electrons. The van der Waals surface area contributed by atoms with E-state index in [1.165, 1.54) is 12.1 Å². The third kappa shape index (κ3) is 4.09. The van der Waals surface area contributed by atoms with Crippen molar-refractivity contribution in [2.75, 3.05) is 38.2 Å². The summed E-state index contributed by atoms with van der Waals surface area (Å²) in [6, 6.07) is 14.6. The van der Waals surface area contributed by atoms with Gasteiger partial charge in [-0.25, -0.2) is 4.39 Å². The van der Waals surface area contributed by atoms with Gasteiger partial charge in [0.2, 0.25) is 5.91 Å². The molecule has 31 heavy (non-hydrogen) atoms. The minimum absolute atomic E-state index is 0.0407. The van der Waals surface area contributed by atoms with Gasteiger partial charge in [-0.3, -0.25) is 9.59 Å². The van der Waals surface area contributed by atoms with Crippen molar-refractivity contribution in [3.8, 4) is 0 Å². The van der Waals surface area contributed by atoms with Gasteiger partial charge in [0, 0.05) is 19.3 Å². The highest BCUT2D eigenvalue weighted by molar-refractivity contribution is 6.07. The maximum Gasteiger partial charge on any atom is 0.310 e. The van der Waals surface area contributed by atoms with Gasteiger partial charge >= 0.3 is 5.97 Å². The van der Waals surface area contributed by atoms with E-state index in [-0.39, 0.29) is 23.6 Å². The summed E-state index contributed by atoms with van der Waals surface area (Å²) in [5.41, 5.74) is 2.03. The molecule has 1 amide bonds. The Kier molecular flexibility index (Phi) is 6.10. The molecule has 0 saturated carbocycles. The standard InChI is InChI=1S/C25H29FN2O3/c1-3-31-23(29)19(15-18-7-5-4-6-8-18)17-28-13-11-25(12-14-28)21-16-20(26)9-10-22(21)27(2)24(25)30/h4-10,16,19H,3,11-15,17H2,1-2H3. The fourth-order valence-electron chi connectivity index (χ4n) is 5.02. The molecule has 0 aromatic heterocycles. The number of nitrogens with zero attached hydrogens (tertiary/aromatic N) is 2. The summed E-state index contributed by atoms with van der Waals surface area (Å²) in [7, 11) is 1.76. The molecule has 0 bridgehead atoms. The number of rotatable bonds is 6. The molecule has 1 spiro atoms. The summed E-state index contributed by atoms with van der Waals surface area (Å²) in [6.45, 7) is 4.13. The first-order valence-corrected chi connectivity index (χ1v) is 11.0. The number of benzene rings is 2. The first-order valence-electron chi connectivity index (χ1n) is 11.0. The lowest BCUT2D eigenvalue weighted by Gasteiger charge is -2.39. The van der Waals surface area contributed by atoms with E-state index in [1.807, 2.05) is 37.3 Å². The van der Waals surface area contributed by atoms with E-state index in [4.69, 9.17) is 4.74 Å².